The molecule has 0 aliphatic carbocycles. The van der Waals surface area contributed by atoms with Gasteiger partial charge in [0.25, 0.3) is 0 Å². The molecule has 2 rings (SSSR count). The summed E-state index contributed by atoms with van der Waals surface area (Å²) in [6.07, 6.45) is 0.862. The van der Waals surface area contributed by atoms with Gasteiger partial charge in [0, 0.05) is 21.1 Å². The zero-order valence-electron chi connectivity index (χ0n) is 12.2. The number of hydrogen-bond acceptors (Lipinski definition) is 2. The zero-order chi connectivity index (χ0) is 15.2. The predicted molar refractivity (Wildman–Crippen MR) is 92.3 cm³/mol. The van der Waals surface area contributed by atoms with E-state index in [9.17, 15) is 0 Å². The number of nitrogens with one attached hydrogen (secondary N) is 1. The van der Waals surface area contributed by atoms with Gasteiger partial charge in [0.05, 0.1) is 7.11 Å². The van der Waals surface area contributed by atoms with Crippen molar-refractivity contribution in [3.8, 4) is 5.75 Å². The highest BCUT2D eigenvalue weighted by Gasteiger charge is 2.16. The molecule has 0 bridgehead atoms. The molecule has 0 heterocycles. The summed E-state index contributed by atoms with van der Waals surface area (Å²) in [6, 6.07) is 14.3. The summed E-state index contributed by atoms with van der Waals surface area (Å²) in [6.45, 7) is 3.00. The van der Waals surface area contributed by atoms with Crippen LogP contribution in [-0.2, 0) is 6.42 Å². The minimum Gasteiger partial charge on any atom is -0.496 e. The second-order valence-corrected chi connectivity index (χ2v) is 6.18. The molecular weight excluding hydrogens is 350 g/mol. The van der Waals surface area contributed by atoms with E-state index in [0.717, 1.165) is 33.8 Å². The number of likely N-dealkylation sites (N-methyl/N-ethyl adjacent to an activating group) is 1. The number of ether oxygens (including phenoxy) is 1. The minimum absolute atomic E-state index is 0.181. The molecule has 0 saturated heterocycles. The van der Waals surface area contributed by atoms with Crippen LogP contribution in [0.4, 0.5) is 0 Å². The van der Waals surface area contributed by atoms with Crippen molar-refractivity contribution in [2.75, 3.05) is 13.7 Å². The lowest BCUT2D eigenvalue weighted by Crippen LogP contribution is -2.23. The van der Waals surface area contributed by atoms with Crippen LogP contribution in [0.1, 0.15) is 24.1 Å². The Bertz CT molecular complexity index is 603. The maximum Gasteiger partial charge on any atom is 0.123 e. The normalized spacial score (nSPS) is 12.2. The highest BCUT2D eigenvalue weighted by atomic mass is 79.9. The fraction of sp³-hybridized carbons (Fsp3) is 0.294. The third-order valence-electron chi connectivity index (χ3n) is 3.35. The maximum absolute atomic E-state index is 6.08. The first-order valence-electron chi connectivity index (χ1n) is 6.95. The largest absolute Gasteiger partial charge is 0.496 e. The number of methoxy groups -OCH3 is 1. The van der Waals surface area contributed by atoms with Crippen LogP contribution in [0, 0.1) is 0 Å². The fourth-order valence-corrected chi connectivity index (χ4v) is 3.01. The summed E-state index contributed by atoms with van der Waals surface area (Å²) in [5.74, 6) is 0.895. The number of rotatable bonds is 6. The van der Waals surface area contributed by atoms with Crippen LogP contribution in [0.5, 0.6) is 5.75 Å². The van der Waals surface area contributed by atoms with E-state index in [4.69, 9.17) is 16.3 Å². The summed E-state index contributed by atoms with van der Waals surface area (Å²) in [4.78, 5) is 0. The SMILES string of the molecule is CCNC(Cc1cccc(Cl)c1)c1cc(Br)ccc1OC. The lowest BCUT2D eigenvalue weighted by molar-refractivity contribution is 0.399. The lowest BCUT2D eigenvalue weighted by Gasteiger charge is -2.21. The summed E-state index contributed by atoms with van der Waals surface area (Å²) in [5.41, 5.74) is 2.35. The van der Waals surface area contributed by atoms with Crippen molar-refractivity contribution < 1.29 is 4.74 Å². The van der Waals surface area contributed by atoms with Crippen LogP contribution < -0.4 is 10.1 Å². The first-order chi connectivity index (χ1) is 10.1. The molecule has 0 saturated carbocycles. The number of halogens is 2. The van der Waals surface area contributed by atoms with Gasteiger partial charge < -0.3 is 10.1 Å². The van der Waals surface area contributed by atoms with Gasteiger partial charge in [-0.3, -0.25) is 0 Å². The molecule has 1 unspecified atom stereocenters. The number of hydrogen-bond donors (Lipinski definition) is 1. The Labute approximate surface area is 139 Å². The molecular formula is C17H19BrClNO. The fourth-order valence-electron chi connectivity index (χ4n) is 2.42. The second kappa shape index (κ2) is 7.83. The van der Waals surface area contributed by atoms with Crippen molar-refractivity contribution in [2.45, 2.75) is 19.4 Å². The van der Waals surface area contributed by atoms with E-state index in [-0.39, 0.29) is 6.04 Å². The Balaban J connectivity index is 2.32. The zero-order valence-corrected chi connectivity index (χ0v) is 14.5. The molecule has 0 spiro atoms. The second-order valence-electron chi connectivity index (χ2n) is 4.83. The van der Waals surface area contributed by atoms with Gasteiger partial charge in [0.15, 0.2) is 0 Å². The summed E-state index contributed by atoms with van der Waals surface area (Å²) >= 11 is 9.62. The third kappa shape index (κ3) is 4.47. The maximum atomic E-state index is 6.08. The smallest absolute Gasteiger partial charge is 0.123 e. The molecule has 2 aromatic rings. The van der Waals surface area contributed by atoms with Gasteiger partial charge in [-0.1, -0.05) is 46.6 Å². The Morgan fingerprint density at radius 1 is 1.24 bits per heavy atom. The van der Waals surface area contributed by atoms with Crippen molar-refractivity contribution in [3.05, 3.63) is 63.1 Å². The number of benzene rings is 2. The summed E-state index contributed by atoms with van der Waals surface area (Å²) in [5, 5.41) is 4.29. The topological polar surface area (TPSA) is 21.3 Å². The summed E-state index contributed by atoms with van der Waals surface area (Å²) in [7, 11) is 1.70. The van der Waals surface area contributed by atoms with Crippen molar-refractivity contribution in [2.24, 2.45) is 0 Å². The average molecular weight is 369 g/mol. The van der Waals surface area contributed by atoms with Crippen molar-refractivity contribution in [3.63, 3.8) is 0 Å². The van der Waals surface area contributed by atoms with Crippen LogP contribution in [-0.4, -0.2) is 13.7 Å². The van der Waals surface area contributed by atoms with Gasteiger partial charge in [-0.25, -0.2) is 0 Å². The van der Waals surface area contributed by atoms with E-state index >= 15 is 0 Å². The Kier molecular flexibility index (Phi) is 6.09. The van der Waals surface area contributed by atoms with E-state index < -0.39 is 0 Å². The molecule has 21 heavy (non-hydrogen) atoms. The van der Waals surface area contributed by atoms with Gasteiger partial charge in [-0.15, -0.1) is 0 Å². The van der Waals surface area contributed by atoms with Crippen LogP contribution in [0.15, 0.2) is 46.9 Å². The highest BCUT2D eigenvalue weighted by Crippen LogP contribution is 2.31. The molecule has 0 amide bonds. The average Bonchev–Trinajstić information content (AvgIpc) is 2.47. The highest BCUT2D eigenvalue weighted by molar-refractivity contribution is 9.10. The molecule has 0 aliphatic rings. The quantitative estimate of drug-likeness (QED) is 0.774. The van der Waals surface area contributed by atoms with Crippen LogP contribution in [0.3, 0.4) is 0 Å². The van der Waals surface area contributed by atoms with Crippen LogP contribution >= 0.6 is 27.5 Å². The first kappa shape index (κ1) is 16.3. The van der Waals surface area contributed by atoms with E-state index in [1.54, 1.807) is 7.11 Å². The molecule has 0 aromatic heterocycles. The molecule has 0 radical (unpaired) electrons. The Hall–Kier alpha value is -1.03. The van der Waals surface area contributed by atoms with Gasteiger partial charge in [-0.05, 0) is 48.9 Å². The monoisotopic (exact) mass is 367 g/mol. The van der Waals surface area contributed by atoms with Gasteiger partial charge >= 0.3 is 0 Å². The molecule has 1 N–H and O–H groups in total. The molecule has 4 heteroatoms. The molecule has 112 valence electrons. The van der Waals surface area contributed by atoms with Crippen LogP contribution in [0.25, 0.3) is 0 Å². The van der Waals surface area contributed by atoms with Gasteiger partial charge in [0.2, 0.25) is 0 Å². The van der Waals surface area contributed by atoms with Crippen molar-refractivity contribution in [1.29, 1.82) is 0 Å². The third-order valence-corrected chi connectivity index (χ3v) is 4.07. The minimum atomic E-state index is 0.181. The predicted octanol–water partition coefficient (Wildman–Crippen LogP) is 5.00. The van der Waals surface area contributed by atoms with Gasteiger partial charge in [-0.2, -0.15) is 0 Å². The molecule has 1 atom stereocenters. The van der Waals surface area contributed by atoms with Gasteiger partial charge in [0.1, 0.15) is 5.75 Å². The standard InChI is InChI=1S/C17H19BrClNO/c1-3-20-16(10-12-5-4-6-14(19)9-12)15-11-13(18)7-8-17(15)21-2/h4-9,11,16,20H,3,10H2,1-2H3. The molecule has 2 aromatic carbocycles. The lowest BCUT2D eigenvalue weighted by atomic mass is 9.98. The van der Waals surface area contributed by atoms with Crippen LogP contribution in [0.2, 0.25) is 5.02 Å². The molecule has 0 aliphatic heterocycles. The Morgan fingerprint density at radius 2 is 2.05 bits per heavy atom. The molecule has 0 fully saturated rings. The van der Waals surface area contributed by atoms with E-state index in [1.165, 1.54) is 5.56 Å². The van der Waals surface area contributed by atoms with Crippen molar-refractivity contribution in [1.82, 2.24) is 5.32 Å². The van der Waals surface area contributed by atoms with E-state index in [2.05, 4.69) is 40.3 Å². The molecule has 2 nitrogen and oxygen atoms in total. The Morgan fingerprint density at radius 3 is 2.71 bits per heavy atom. The van der Waals surface area contributed by atoms with Crippen molar-refractivity contribution >= 4 is 27.5 Å². The van der Waals surface area contributed by atoms with E-state index in [0.29, 0.717) is 0 Å². The van der Waals surface area contributed by atoms with E-state index in [1.807, 2.05) is 30.3 Å². The summed E-state index contributed by atoms with van der Waals surface area (Å²) < 4.78 is 6.55. The first-order valence-corrected chi connectivity index (χ1v) is 8.12.